The van der Waals surface area contributed by atoms with Gasteiger partial charge in [-0.15, -0.1) is 0 Å². The zero-order chi connectivity index (χ0) is 23.2. The fourth-order valence-electron chi connectivity index (χ4n) is 3.62. The van der Waals surface area contributed by atoms with E-state index in [9.17, 15) is 0 Å². The first kappa shape index (κ1) is 28.2. The summed E-state index contributed by atoms with van der Waals surface area (Å²) < 4.78 is 0. The molecule has 30 heavy (non-hydrogen) atoms. The predicted octanol–water partition coefficient (Wildman–Crippen LogP) is 9.73. The summed E-state index contributed by atoms with van der Waals surface area (Å²) in [6, 6.07) is 0. The molecule has 0 radical (unpaired) electrons. The second-order valence-electron chi connectivity index (χ2n) is 8.98. The van der Waals surface area contributed by atoms with Crippen molar-refractivity contribution in [2.24, 2.45) is 11.3 Å². The van der Waals surface area contributed by atoms with E-state index in [0.29, 0.717) is 5.41 Å². The van der Waals surface area contributed by atoms with E-state index in [-0.39, 0.29) is 0 Å². The Morgan fingerprint density at radius 3 is 2.03 bits per heavy atom. The minimum absolute atomic E-state index is 0.436. The van der Waals surface area contributed by atoms with Gasteiger partial charge in [-0.1, -0.05) is 76.1 Å². The van der Waals surface area contributed by atoms with Crippen molar-refractivity contribution in [3.63, 3.8) is 0 Å². The minimum atomic E-state index is 0.436. The number of rotatable bonds is 8. The number of hydrogen-bond donors (Lipinski definition) is 0. The van der Waals surface area contributed by atoms with Crippen molar-refractivity contribution in [1.29, 1.82) is 0 Å². The average molecular weight is 412 g/mol. The highest BCUT2D eigenvalue weighted by Gasteiger charge is 2.30. The van der Waals surface area contributed by atoms with E-state index >= 15 is 0 Å². The molecule has 0 saturated heterocycles. The molecule has 170 valence electrons. The van der Waals surface area contributed by atoms with E-state index in [4.69, 9.17) is 0 Å². The van der Waals surface area contributed by atoms with Crippen LogP contribution in [0.2, 0.25) is 0 Å². The lowest BCUT2D eigenvalue weighted by atomic mass is 9.71. The average Bonchev–Trinajstić information content (AvgIpc) is 2.75. The third-order valence-corrected chi connectivity index (χ3v) is 6.17. The molecule has 0 amide bonds. The predicted molar refractivity (Wildman–Crippen MR) is 138 cm³/mol. The van der Waals surface area contributed by atoms with Crippen LogP contribution in [0.3, 0.4) is 0 Å². The van der Waals surface area contributed by atoms with E-state index in [1.54, 1.807) is 0 Å². The van der Waals surface area contributed by atoms with Crippen molar-refractivity contribution in [3.05, 3.63) is 71.3 Å². The monoisotopic (exact) mass is 411 g/mol. The Morgan fingerprint density at radius 2 is 1.67 bits per heavy atom. The summed E-state index contributed by atoms with van der Waals surface area (Å²) in [5, 5.41) is 0. The van der Waals surface area contributed by atoms with E-state index < -0.39 is 0 Å². The van der Waals surface area contributed by atoms with Crippen LogP contribution >= 0.6 is 0 Å². The molecule has 0 saturated carbocycles. The molecule has 0 aliphatic heterocycles. The highest BCUT2D eigenvalue weighted by molar-refractivity contribution is 5.32. The summed E-state index contributed by atoms with van der Waals surface area (Å²) in [5.74, 6) is 0.792. The fourth-order valence-corrected chi connectivity index (χ4v) is 3.62. The van der Waals surface area contributed by atoms with Gasteiger partial charge in [0.25, 0.3) is 0 Å². The van der Waals surface area contributed by atoms with Crippen LogP contribution in [0.4, 0.5) is 0 Å². The summed E-state index contributed by atoms with van der Waals surface area (Å²) in [6.45, 7) is 22.0. The summed E-state index contributed by atoms with van der Waals surface area (Å²) in [4.78, 5) is 2.49. The van der Waals surface area contributed by atoms with Crippen LogP contribution in [-0.2, 0) is 0 Å². The van der Waals surface area contributed by atoms with Crippen LogP contribution in [0.15, 0.2) is 71.3 Å². The first-order valence-corrected chi connectivity index (χ1v) is 11.9. The van der Waals surface area contributed by atoms with Gasteiger partial charge in [0.05, 0.1) is 0 Å². The third-order valence-electron chi connectivity index (χ3n) is 6.17. The topological polar surface area (TPSA) is 3.24 Å². The van der Waals surface area contributed by atoms with Gasteiger partial charge < -0.3 is 4.90 Å². The van der Waals surface area contributed by atoms with Gasteiger partial charge in [0, 0.05) is 17.1 Å². The smallest absolute Gasteiger partial charge is 0.0409 e. The SMILES string of the molecule is C/C=C\C.C/C=C\C(=C/C)N(C1=CCC(C(C)(C)CC)CC1)/C(=C/C=C(C)C)CC. The van der Waals surface area contributed by atoms with Crippen molar-refractivity contribution in [1.82, 2.24) is 4.90 Å². The van der Waals surface area contributed by atoms with Crippen molar-refractivity contribution in [2.75, 3.05) is 0 Å². The second-order valence-corrected chi connectivity index (χ2v) is 8.98. The molecule has 0 fully saturated rings. The quantitative estimate of drug-likeness (QED) is 0.284. The molecular weight excluding hydrogens is 362 g/mol. The Bertz CT molecular complexity index is 656. The molecule has 0 aromatic heterocycles. The molecule has 0 spiro atoms. The summed E-state index contributed by atoms with van der Waals surface area (Å²) in [7, 11) is 0. The lowest BCUT2D eigenvalue weighted by Gasteiger charge is -2.39. The molecule has 0 aromatic carbocycles. The first-order chi connectivity index (χ1) is 14.2. The van der Waals surface area contributed by atoms with E-state index in [0.717, 1.165) is 18.8 Å². The summed E-state index contributed by atoms with van der Waals surface area (Å²) in [6.07, 6.45) is 23.6. The molecule has 1 aliphatic rings. The van der Waals surface area contributed by atoms with E-state index in [1.807, 2.05) is 26.0 Å². The zero-order valence-electron chi connectivity index (χ0n) is 21.7. The van der Waals surface area contributed by atoms with Crippen molar-refractivity contribution < 1.29 is 0 Å². The van der Waals surface area contributed by atoms with Gasteiger partial charge in [-0.25, -0.2) is 0 Å². The molecule has 0 heterocycles. The largest absolute Gasteiger partial charge is 0.319 e. The van der Waals surface area contributed by atoms with Crippen LogP contribution in [0, 0.1) is 11.3 Å². The van der Waals surface area contributed by atoms with Crippen LogP contribution in [0.5, 0.6) is 0 Å². The zero-order valence-corrected chi connectivity index (χ0v) is 21.7. The number of hydrogen-bond acceptors (Lipinski definition) is 1. The molecule has 1 nitrogen and oxygen atoms in total. The van der Waals surface area contributed by atoms with Crippen LogP contribution in [0.25, 0.3) is 0 Å². The van der Waals surface area contributed by atoms with Crippen LogP contribution in [-0.4, -0.2) is 4.90 Å². The first-order valence-electron chi connectivity index (χ1n) is 11.9. The maximum atomic E-state index is 2.50. The van der Waals surface area contributed by atoms with E-state index in [1.165, 1.54) is 41.9 Å². The highest BCUT2D eigenvalue weighted by atomic mass is 15.2. The molecule has 0 aromatic rings. The Labute approximate surface area is 189 Å². The third kappa shape index (κ3) is 9.37. The molecule has 0 N–H and O–H groups in total. The highest BCUT2D eigenvalue weighted by Crippen LogP contribution is 2.41. The minimum Gasteiger partial charge on any atom is -0.319 e. The van der Waals surface area contributed by atoms with E-state index in [2.05, 4.69) is 96.7 Å². The van der Waals surface area contributed by atoms with Gasteiger partial charge in [-0.3, -0.25) is 0 Å². The van der Waals surface area contributed by atoms with Gasteiger partial charge in [0.2, 0.25) is 0 Å². The molecule has 1 atom stereocenters. The van der Waals surface area contributed by atoms with Crippen LogP contribution < -0.4 is 0 Å². The van der Waals surface area contributed by atoms with Gasteiger partial charge in [0.1, 0.15) is 0 Å². The molecule has 1 aliphatic carbocycles. The maximum Gasteiger partial charge on any atom is 0.0409 e. The van der Waals surface area contributed by atoms with Gasteiger partial charge >= 0.3 is 0 Å². The molecule has 1 unspecified atom stereocenters. The van der Waals surface area contributed by atoms with Crippen molar-refractivity contribution in [2.45, 2.75) is 101 Å². The Morgan fingerprint density at radius 1 is 1.03 bits per heavy atom. The van der Waals surface area contributed by atoms with Gasteiger partial charge in [0.15, 0.2) is 0 Å². The summed E-state index contributed by atoms with van der Waals surface area (Å²) >= 11 is 0. The van der Waals surface area contributed by atoms with Gasteiger partial charge in [-0.05, 0) is 90.7 Å². The lowest BCUT2D eigenvalue weighted by Crippen LogP contribution is -2.29. The molecule has 0 bridgehead atoms. The van der Waals surface area contributed by atoms with Crippen LogP contribution in [0.1, 0.15) is 101 Å². The molecule has 1 heteroatoms. The standard InChI is InChI=1S/C25H41N.C4H8/c1-9-13-22(10-2)26(23(11-3)17-14-20(5)6)24-18-15-21(16-19-24)25(7,8)12-4;1-3-4-2/h9-10,13-14,17-18,21H,11-12,15-16,19H2,1-8H3;3-4H,1-2H3/b13-9-,22-10+,23-17+;4-3-. The Hall–Kier alpha value is -1.76. The Balaban J connectivity index is 0.00000192. The van der Waals surface area contributed by atoms with Crippen molar-refractivity contribution in [3.8, 4) is 0 Å². The van der Waals surface area contributed by atoms with Gasteiger partial charge in [-0.2, -0.15) is 0 Å². The lowest BCUT2D eigenvalue weighted by molar-refractivity contribution is 0.182. The number of allylic oxidation sites excluding steroid dienone is 11. The maximum absolute atomic E-state index is 2.50. The normalized spacial score (nSPS) is 18.2. The number of nitrogens with zero attached hydrogens (tertiary/aromatic N) is 1. The second kappa shape index (κ2) is 15.1. The Kier molecular flexibility index (Phi) is 14.2. The molecule has 1 rings (SSSR count). The summed E-state index contributed by atoms with van der Waals surface area (Å²) in [5.41, 5.74) is 5.89. The molecular formula is C29H49N. The fraction of sp³-hybridized carbons (Fsp3) is 0.586. The van der Waals surface area contributed by atoms with Crippen molar-refractivity contribution >= 4 is 0 Å².